The molecule has 0 bridgehead atoms. The van der Waals surface area contributed by atoms with Gasteiger partial charge in [0.2, 0.25) is 0 Å². The second kappa shape index (κ2) is 5.76. The Hall–Kier alpha value is -2.00. The first-order valence-corrected chi connectivity index (χ1v) is 6.33. The summed E-state index contributed by atoms with van der Waals surface area (Å²) in [5.74, 6) is -0.164. The molecule has 4 heteroatoms. The molecule has 0 unspecified atom stereocenters. The Morgan fingerprint density at radius 2 is 2.05 bits per heavy atom. The first-order valence-electron chi connectivity index (χ1n) is 5.95. The molecule has 0 radical (unpaired) electrons. The highest BCUT2D eigenvalue weighted by Crippen LogP contribution is 2.19. The number of nitrogens with two attached hydrogens (primary N) is 1. The molecule has 2 aromatic rings. The Morgan fingerprint density at radius 3 is 2.74 bits per heavy atom. The molecule has 3 N–H and O–H groups in total. The van der Waals surface area contributed by atoms with Crippen LogP contribution in [-0.4, -0.2) is 5.91 Å². The lowest BCUT2D eigenvalue weighted by Gasteiger charge is -2.07. The minimum absolute atomic E-state index is 0.164. The van der Waals surface area contributed by atoms with Gasteiger partial charge in [0.05, 0.1) is 10.7 Å². The van der Waals surface area contributed by atoms with Crippen LogP contribution in [0.1, 0.15) is 21.5 Å². The van der Waals surface area contributed by atoms with Gasteiger partial charge in [-0.25, -0.2) is 0 Å². The highest BCUT2D eigenvalue weighted by atomic mass is 35.5. The molecule has 1 amide bonds. The van der Waals surface area contributed by atoms with Crippen LogP contribution in [0.2, 0.25) is 5.02 Å². The standard InChI is InChI=1S/C15H15ClN2O/c1-10-3-2-4-11(7-10)9-18-15(19)12-5-6-14(17)13(16)8-12/h2-8H,9,17H2,1H3,(H,18,19). The molecular weight excluding hydrogens is 260 g/mol. The smallest absolute Gasteiger partial charge is 0.251 e. The van der Waals surface area contributed by atoms with Crippen LogP contribution in [-0.2, 0) is 6.54 Å². The minimum Gasteiger partial charge on any atom is -0.398 e. The lowest BCUT2D eigenvalue weighted by Crippen LogP contribution is -2.22. The number of amides is 1. The summed E-state index contributed by atoms with van der Waals surface area (Å²) >= 11 is 5.89. The normalized spacial score (nSPS) is 10.2. The van der Waals surface area contributed by atoms with E-state index in [0.717, 1.165) is 5.56 Å². The van der Waals surface area contributed by atoms with Gasteiger partial charge in [-0.3, -0.25) is 4.79 Å². The number of benzene rings is 2. The van der Waals surface area contributed by atoms with Gasteiger partial charge in [-0.1, -0.05) is 41.4 Å². The Labute approximate surface area is 117 Å². The predicted molar refractivity (Wildman–Crippen MR) is 78.2 cm³/mol. The Kier molecular flexibility index (Phi) is 4.07. The van der Waals surface area contributed by atoms with Gasteiger partial charge in [0.1, 0.15) is 0 Å². The second-order valence-electron chi connectivity index (χ2n) is 4.41. The monoisotopic (exact) mass is 274 g/mol. The number of hydrogen-bond donors (Lipinski definition) is 2. The first-order chi connectivity index (χ1) is 9.06. The third kappa shape index (κ3) is 3.48. The summed E-state index contributed by atoms with van der Waals surface area (Å²) in [5.41, 5.74) is 8.82. The quantitative estimate of drug-likeness (QED) is 0.845. The molecular formula is C15H15ClN2O. The maximum atomic E-state index is 12.0. The van der Waals surface area contributed by atoms with E-state index in [2.05, 4.69) is 5.32 Å². The lowest BCUT2D eigenvalue weighted by molar-refractivity contribution is 0.0951. The Bertz CT molecular complexity index is 611. The van der Waals surface area contributed by atoms with E-state index in [1.165, 1.54) is 5.56 Å². The van der Waals surface area contributed by atoms with Crippen molar-refractivity contribution in [2.24, 2.45) is 0 Å². The van der Waals surface area contributed by atoms with Gasteiger partial charge in [0.25, 0.3) is 5.91 Å². The van der Waals surface area contributed by atoms with Crippen molar-refractivity contribution in [2.45, 2.75) is 13.5 Å². The van der Waals surface area contributed by atoms with Gasteiger partial charge in [-0.15, -0.1) is 0 Å². The maximum absolute atomic E-state index is 12.0. The molecule has 19 heavy (non-hydrogen) atoms. The van der Waals surface area contributed by atoms with Gasteiger partial charge >= 0.3 is 0 Å². The van der Waals surface area contributed by atoms with E-state index in [4.69, 9.17) is 17.3 Å². The van der Waals surface area contributed by atoms with Crippen LogP contribution in [0.3, 0.4) is 0 Å². The minimum atomic E-state index is -0.164. The SMILES string of the molecule is Cc1cccc(CNC(=O)c2ccc(N)c(Cl)c2)c1. The summed E-state index contributed by atoms with van der Waals surface area (Å²) in [6, 6.07) is 12.9. The fraction of sp³-hybridized carbons (Fsp3) is 0.133. The van der Waals surface area contributed by atoms with Crippen LogP contribution in [0.4, 0.5) is 5.69 Å². The second-order valence-corrected chi connectivity index (χ2v) is 4.82. The number of carbonyl (C=O) groups is 1. The highest BCUT2D eigenvalue weighted by molar-refractivity contribution is 6.33. The summed E-state index contributed by atoms with van der Waals surface area (Å²) in [7, 11) is 0. The van der Waals surface area contributed by atoms with Gasteiger partial charge in [0, 0.05) is 12.1 Å². The van der Waals surface area contributed by atoms with Crippen LogP contribution < -0.4 is 11.1 Å². The molecule has 0 saturated heterocycles. The molecule has 2 aromatic carbocycles. The van der Waals surface area contributed by atoms with E-state index in [0.29, 0.717) is 22.8 Å². The van der Waals surface area contributed by atoms with Crippen LogP contribution in [0.15, 0.2) is 42.5 Å². The largest absolute Gasteiger partial charge is 0.398 e. The predicted octanol–water partition coefficient (Wildman–Crippen LogP) is 3.16. The molecule has 0 saturated carbocycles. The van der Waals surface area contributed by atoms with Crippen molar-refractivity contribution in [1.82, 2.24) is 5.32 Å². The molecule has 3 nitrogen and oxygen atoms in total. The summed E-state index contributed by atoms with van der Waals surface area (Å²) in [6.07, 6.45) is 0. The number of rotatable bonds is 3. The Balaban J connectivity index is 2.03. The van der Waals surface area contributed by atoms with Crippen LogP contribution in [0.25, 0.3) is 0 Å². The number of carbonyl (C=O) groups excluding carboxylic acids is 1. The van der Waals surface area contributed by atoms with Gasteiger partial charge < -0.3 is 11.1 Å². The summed E-state index contributed by atoms with van der Waals surface area (Å²) in [4.78, 5) is 12.0. The number of aryl methyl sites for hydroxylation is 1. The van der Waals surface area contributed by atoms with Crippen molar-refractivity contribution in [3.63, 3.8) is 0 Å². The molecule has 0 fully saturated rings. The molecule has 0 aromatic heterocycles. The average molecular weight is 275 g/mol. The summed E-state index contributed by atoms with van der Waals surface area (Å²) in [6.45, 7) is 2.51. The van der Waals surface area contributed by atoms with Crippen LogP contribution >= 0.6 is 11.6 Å². The topological polar surface area (TPSA) is 55.1 Å². The third-order valence-corrected chi connectivity index (χ3v) is 3.13. The molecule has 0 aliphatic rings. The number of nitrogens with one attached hydrogen (secondary N) is 1. The van der Waals surface area contributed by atoms with E-state index < -0.39 is 0 Å². The average Bonchev–Trinajstić information content (AvgIpc) is 2.39. The van der Waals surface area contributed by atoms with Crippen LogP contribution in [0, 0.1) is 6.92 Å². The summed E-state index contributed by atoms with van der Waals surface area (Å²) in [5, 5.41) is 3.24. The van der Waals surface area contributed by atoms with E-state index in [1.54, 1.807) is 18.2 Å². The fourth-order valence-corrected chi connectivity index (χ4v) is 1.96. The Morgan fingerprint density at radius 1 is 1.26 bits per heavy atom. The zero-order valence-electron chi connectivity index (χ0n) is 10.6. The zero-order chi connectivity index (χ0) is 13.8. The molecule has 0 aliphatic heterocycles. The molecule has 98 valence electrons. The molecule has 2 rings (SSSR count). The molecule has 0 heterocycles. The first kappa shape index (κ1) is 13.4. The van der Waals surface area contributed by atoms with Crippen molar-refractivity contribution in [3.8, 4) is 0 Å². The van der Waals surface area contributed by atoms with Crippen molar-refractivity contribution >= 4 is 23.2 Å². The van der Waals surface area contributed by atoms with E-state index in [1.807, 2.05) is 31.2 Å². The zero-order valence-corrected chi connectivity index (χ0v) is 11.4. The van der Waals surface area contributed by atoms with Crippen molar-refractivity contribution < 1.29 is 4.79 Å². The lowest BCUT2D eigenvalue weighted by atomic mass is 10.1. The third-order valence-electron chi connectivity index (χ3n) is 2.80. The molecule has 0 atom stereocenters. The van der Waals surface area contributed by atoms with Gasteiger partial charge in [-0.2, -0.15) is 0 Å². The van der Waals surface area contributed by atoms with Crippen molar-refractivity contribution in [2.75, 3.05) is 5.73 Å². The maximum Gasteiger partial charge on any atom is 0.251 e. The van der Waals surface area contributed by atoms with Gasteiger partial charge in [0.15, 0.2) is 0 Å². The fourth-order valence-electron chi connectivity index (χ4n) is 1.77. The van der Waals surface area contributed by atoms with E-state index >= 15 is 0 Å². The van der Waals surface area contributed by atoms with Crippen molar-refractivity contribution in [3.05, 3.63) is 64.2 Å². The van der Waals surface area contributed by atoms with Crippen LogP contribution in [0.5, 0.6) is 0 Å². The number of halogens is 1. The highest BCUT2D eigenvalue weighted by Gasteiger charge is 2.07. The van der Waals surface area contributed by atoms with E-state index in [-0.39, 0.29) is 5.91 Å². The van der Waals surface area contributed by atoms with Crippen molar-refractivity contribution in [1.29, 1.82) is 0 Å². The number of hydrogen-bond acceptors (Lipinski definition) is 2. The molecule has 0 aliphatic carbocycles. The summed E-state index contributed by atoms with van der Waals surface area (Å²) < 4.78 is 0. The number of nitrogen functional groups attached to an aromatic ring is 1. The number of anilines is 1. The van der Waals surface area contributed by atoms with Gasteiger partial charge in [-0.05, 0) is 30.7 Å². The van der Waals surface area contributed by atoms with E-state index in [9.17, 15) is 4.79 Å². The molecule has 0 spiro atoms.